The number of hydrogen-bond acceptors (Lipinski definition) is 4. The van der Waals surface area contributed by atoms with Crippen LogP contribution in [0.5, 0.6) is 5.75 Å². The molecule has 0 aliphatic heterocycles. The molecule has 18 heavy (non-hydrogen) atoms. The van der Waals surface area contributed by atoms with E-state index >= 15 is 0 Å². The molecule has 0 fully saturated rings. The third-order valence-electron chi connectivity index (χ3n) is 2.96. The van der Waals surface area contributed by atoms with Crippen LogP contribution in [-0.4, -0.2) is 27.4 Å². The molecule has 1 aromatic carbocycles. The molecule has 1 unspecified atom stereocenters. The van der Waals surface area contributed by atoms with Gasteiger partial charge in [-0.1, -0.05) is 6.07 Å². The molecule has 0 spiro atoms. The summed E-state index contributed by atoms with van der Waals surface area (Å²) in [6, 6.07) is 3.20. The van der Waals surface area contributed by atoms with Gasteiger partial charge in [-0.15, -0.1) is 0 Å². The molecule has 1 aromatic rings. The monoisotopic (exact) mass is 253 g/mol. The zero-order valence-electron chi connectivity index (χ0n) is 11.5. The first-order chi connectivity index (χ1) is 8.26. The molecular weight excluding hydrogens is 230 g/mol. The van der Waals surface area contributed by atoms with Gasteiger partial charge in [-0.2, -0.15) is 0 Å². The Hall–Kier alpha value is -1.10. The van der Waals surface area contributed by atoms with E-state index in [1.807, 2.05) is 20.8 Å². The van der Waals surface area contributed by atoms with Gasteiger partial charge in [0.25, 0.3) is 0 Å². The van der Waals surface area contributed by atoms with Crippen molar-refractivity contribution in [2.75, 3.05) is 6.54 Å². The Morgan fingerprint density at radius 1 is 1.28 bits per heavy atom. The summed E-state index contributed by atoms with van der Waals surface area (Å²) >= 11 is 0. The third kappa shape index (κ3) is 3.70. The maximum absolute atomic E-state index is 10.1. The second-order valence-corrected chi connectivity index (χ2v) is 5.58. The molecule has 1 rings (SSSR count). The normalized spacial score (nSPS) is 13.7. The van der Waals surface area contributed by atoms with Crippen molar-refractivity contribution in [3.63, 3.8) is 0 Å². The van der Waals surface area contributed by atoms with Gasteiger partial charge in [0.05, 0.1) is 12.7 Å². The number of nitrogens with one attached hydrogen (secondary N) is 1. The quantitative estimate of drug-likeness (QED) is 0.658. The van der Waals surface area contributed by atoms with Gasteiger partial charge in [0, 0.05) is 17.6 Å². The second-order valence-electron chi connectivity index (χ2n) is 5.58. The minimum absolute atomic E-state index is 0.0639. The average molecular weight is 253 g/mol. The van der Waals surface area contributed by atoms with E-state index in [0.717, 1.165) is 11.1 Å². The lowest BCUT2D eigenvalue weighted by molar-refractivity contribution is 0.162. The van der Waals surface area contributed by atoms with Crippen LogP contribution in [0, 0.1) is 6.92 Å². The van der Waals surface area contributed by atoms with Crippen molar-refractivity contribution in [1.29, 1.82) is 0 Å². The first-order valence-electron chi connectivity index (χ1n) is 6.11. The van der Waals surface area contributed by atoms with Crippen molar-refractivity contribution in [2.45, 2.75) is 45.9 Å². The smallest absolute Gasteiger partial charge is 0.121 e. The topological polar surface area (TPSA) is 72.7 Å². The molecule has 4 N–H and O–H groups in total. The van der Waals surface area contributed by atoms with Gasteiger partial charge < -0.3 is 20.6 Å². The van der Waals surface area contributed by atoms with Crippen LogP contribution in [0.3, 0.4) is 0 Å². The largest absolute Gasteiger partial charge is 0.508 e. The van der Waals surface area contributed by atoms with E-state index in [9.17, 15) is 15.3 Å². The van der Waals surface area contributed by atoms with Gasteiger partial charge in [-0.25, -0.2) is 0 Å². The van der Waals surface area contributed by atoms with Gasteiger partial charge in [0.1, 0.15) is 5.75 Å². The molecule has 4 nitrogen and oxygen atoms in total. The minimum atomic E-state index is -0.657. The molecular formula is C14H23NO3. The predicted octanol–water partition coefficient (Wildman–Crippen LogP) is 1.61. The Kier molecular flexibility index (Phi) is 4.73. The van der Waals surface area contributed by atoms with Crippen molar-refractivity contribution in [3.05, 3.63) is 28.8 Å². The number of hydrogen-bond donors (Lipinski definition) is 4. The zero-order valence-corrected chi connectivity index (χ0v) is 11.5. The SMILES string of the molecule is Cc1c(C(O)CNC(C)(C)C)ccc(O)c1CO. The van der Waals surface area contributed by atoms with E-state index in [1.165, 1.54) is 6.07 Å². The average Bonchev–Trinajstić information content (AvgIpc) is 2.26. The Morgan fingerprint density at radius 2 is 1.89 bits per heavy atom. The van der Waals surface area contributed by atoms with Crippen molar-refractivity contribution in [3.8, 4) is 5.75 Å². The molecule has 4 heteroatoms. The van der Waals surface area contributed by atoms with Crippen LogP contribution in [0.4, 0.5) is 0 Å². The van der Waals surface area contributed by atoms with Crippen molar-refractivity contribution in [1.82, 2.24) is 5.32 Å². The highest BCUT2D eigenvalue weighted by Crippen LogP contribution is 2.27. The van der Waals surface area contributed by atoms with Gasteiger partial charge in [-0.3, -0.25) is 0 Å². The number of aliphatic hydroxyl groups is 2. The second kappa shape index (κ2) is 5.69. The molecule has 0 aliphatic rings. The predicted molar refractivity (Wildman–Crippen MR) is 71.5 cm³/mol. The molecule has 0 amide bonds. The summed E-state index contributed by atoms with van der Waals surface area (Å²) in [7, 11) is 0. The highest BCUT2D eigenvalue weighted by atomic mass is 16.3. The molecule has 0 saturated carbocycles. The van der Waals surface area contributed by atoms with Crippen molar-refractivity contribution >= 4 is 0 Å². The Labute approximate surface area is 108 Å². The number of phenols is 1. The first-order valence-corrected chi connectivity index (χ1v) is 6.11. The van der Waals surface area contributed by atoms with E-state index in [2.05, 4.69) is 5.32 Å². The summed E-state index contributed by atoms with van der Waals surface area (Å²) in [5.74, 6) is 0.0646. The molecule has 0 aliphatic carbocycles. The summed E-state index contributed by atoms with van der Waals surface area (Å²) in [4.78, 5) is 0. The summed E-state index contributed by atoms with van der Waals surface area (Å²) in [6.45, 7) is 8.08. The lowest BCUT2D eigenvalue weighted by Crippen LogP contribution is -2.38. The van der Waals surface area contributed by atoms with Crippen LogP contribution in [0.25, 0.3) is 0 Å². The lowest BCUT2D eigenvalue weighted by atomic mass is 9.97. The van der Waals surface area contributed by atoms with Gasteiger partial charge in [0.15, 0.2) is 0 Å². The molecule has 0 saturated heterocycles. The van der Waals surface area contributed by atoms with Crippen LogP contribution < -0.4 is 5.32 Å². The van der Waals surface area contributed by atoms with Crippen molar-refractivity contribution < 1.29 is 15.3 Å². The molecule has 0 bridgehead atoms. The lowest BCUT2D eigenvalue weighted by Gasteiger charge is -2.24. The Bertz CT molecular complexity index is 410. The van der Waals surface area contributed by atoms with Gasteiger partial charge in [0.2, 0.25) is 0 Å². The number of aliphatic hydroxyl groups excluding tert-OH is 2. The van der Waals surface area contributed by atoms with E-state index < -0.39 is 6.10 Å². The molecule has 102 valence electrons. The Balaban J connectivity index is 2.90. The van der Waals surface area contributed by atoms with Crippen LogP contribution in [0.2, 0.25) is 0 Å². The minimum Gasteiger partial charge on any atom is -0.508 e. The highest BCUT2D eigenvalue weighted by molar-refractivity contribution is 5.44. The number of benzene rings is 1. The zero-order chi connectivity index (χ0) is 13.9. The standard InChI is InChI=1S/C14H23NO3/c1-9-10(5-6-12(17)11(9)8-16)13(18)7-15-14(2,3)4/h5-6,13,15-18H,7-8H2,1-4H3. The van der Waals surface area contributed by atoms with E-state index in [-0.39, 0.29) is 17.9 Å². The van der Waals surface area contributed by atoms with Gasteiger partial charge in [-0.05, 0) is 44.9 Å². The molecule has 0 aromatic heterocycles. The van der Waals surface area contributed by atoms with E-state index in [0.29, 0.717) is 12.1 Å². The maximum Gasteiger partial charge on any atom is 0.121 e. The van der Waals surface area contributed by atoms with Crippen LogP contribution in [0.1, 0.15) is 43.6 Å². The Morgan fingerprint density at radius 3 is 2.39 bits per heavy atom. The summed E-state index contributed by atoms with van der Waals surface area (Å²) in [6.07, 6.45) is -0.657. The highest BCUT2D eigenvalue weighted by Gasteiger charge is 2.17. The number of β-amino-alcohol motifs (C(OH)–C–C–N with tert-alkyl or cyclic N) is 1. The molecule has 1 atom stereocenters. The fourth-order valence-corrected chi connectivity index (χ4v) is 1.83. The molecule has 0 radical (unpaired) electrons. The fourth-order valence-electron chi connectivity index (χ4n) is 1.83. The van der Waals surface area contributed by atoms with Gasteiger partial charge >= 0.3 is 0 Å². The maximum atomic E-state index is 10.1. The number of aromatic hydroxyl groups is 1. The van der Waals surface area contributed by atoms with E-state index in [4.69, 9.17) is 0 Å². The molecule has 0 heterocycles. The van der Waals surface area contributed by atoms with E-state index in [1.54, 1.807) is 13.0 Å². The van der Waals surface area contributed by atoms with Crippen LogP contribution >= 0.6 is 0 Å². The van der Waals surface area contributed by atoms with Crippen molar-refractivity contribution in [2.24, 2.45) is 0 Å². The van der Waals surface area contributed by atoms with Crippen LogP contribution in [0.15, 0.2) is 12.1 Å². The summed E-state index contributed by atoms with van der Waals surface area (Å²) in [5, 5.41) is 32.2. The first kappa shape index (κ1) is 15.0. The third-order valence-corrected chi connectivity index (χ3v) is 2.96. The summed E-state index contributed by atoms with van der Waals surface area (Å²) < 4.78 is 0. The fraction of sp³-hybridized carbons (Fsp3) is 0.571. The summed E-state index contributed by atoms with van der Waals surface area (Å²) in [5.41, 5.74) is 1.88. The van der Waals surface area contributed by atoms with Crippen LogP contribution in [-0.2, 0) is 6.61 Å². The number of rotatable bonds is 4.